The van der Waals surface area contributed by atoms with Crippen molar-refractivity contribution in [2.45, 2.75) is 285 Å². The summed E-state index contributed by atoms with van der Waals surface area (Å²) in [4.78, 5) is 59.0. The summed E-state index contributed by atoms with van der Waals surface area (Å²) in [7, 11) is 0. The number of benzene rings is 7. The van der Waals surface area contributed by atoms with Gasteiger partial charge in [-0.2, -0.15) is 0 Å². The maximum Gasteiger partial charge on any atom is 0.299 e. The molecule has 514 valence electrons. The lowest BCUT2D eigenvalue weighted by atomic mass is 9.86. The molecule has 12 nitrogen and oxygen atoms in total. The van der Waals surface area contributed by atoms with Crippen LogP contribution in [0.1, 0.15) is 285 Å². The molecule has 11 rings (SSSR count). The Kier molecular flexibility index (Phi) is 25.6. The summed E-state index contributed by atoms with van der Waals surface area (Å²) in [5, 5.41) is 23.6. The van der Waals surface area contributed by atoms with Crippen LogP contribution in [0.15, 0.2) is 82.4 Å². The molecular weight excluding hydrogens is 1180 g/mol. The molecule has 0 aliphatic heterocycles. The quantitative estimate of drug-likeness (QED) is 0.00984. The van der Waals surface area contributed by atoms with E-state index in [0.717, 1.165) is 135 Å². The molecule has 0 amide bonds. The van der Waals surface area contributed by atoms with E-state index in [9.17, 15) is 10.1 Å². The lowest BCUT2D eigenvalue weighted by molar-refractivity contribution is -0.383. The van der Waals surface area contributed by atoms with Gasteiger partial charge in [0.25, 0.3) is 16.8 Å². The number of nitrogens with two attached hydrogens (primary N) is 1. The van der Waals surface area contributed by atoms with Gasteiger partial charge in [-0.05, 0) is 100 Å². The molecule has 7 aromatic carbocycles. The fraction of sp³-hybridized carbons (Fsp3) is 0.571. The highest BCUT2D eigenvalue weighted by Gasteiger charge is 2.28. The fourth-order valence-electron chi connectivity index (χ4n) is 16.4. The van der Waals surface area contributed by atoms with E-state index in [2.05, 4.69) is 80.0 Å². The largest absolute Gasteiger partial charge is 0.397 e. The molecule has 11 aromatic rings. The molecule has 0 spiro atoms. The maximum atomic E-state index is 15.4. The average molecular weight is 1300 g/mol. The zero-order chi connectivity index (χ0) is 66.8. The number of aromatic nitrogens is 4. The van der Waals surface area contributed by atoms with Gasteiger partial charge in [0.2, 0.25) is 0 Å². The number of pyridine rings is 2. The predicted molar refractivity (Wildman–Crippen MR) is 413 cm³/mol. The number of hydrogen-bond acceptors (Lipinski definition) is 9. The highest BCUT2D eigenvalue weighted by molar-refractivity contribution is 6.40. The summed E-state index contributed by atoms with van der Waals surface area (Å²) in [5.74, 6) is 0. The lowest BCUT2D eigenvalue weighted by Gasteiger charge is -2.25. The number of imidazole rings is 2. The Morgan fingerprint density at radius 1 is 0.354 bits per heavy atom. The molecule has 12 heteroatoms. The zero-order valence-electron chi connectivity index (χ0n) is 59.4. The zero-order valence-corrected chi connectivity index (χ0v) is 59.4. The smallest absolute Gasteiger partial charge is 0.299 e. The van der Waals surface area contributed by atoms with Gasteiger partial charge in [-0.25, -0.2) is 9.97 Å². The van der Waals surface area contributed by atoms with Crippen LogP contribution in [0, 0.1) is 10.1 Å². The molecule has 4 heterocycles. The van der Waals surface area contributed by atoms with Gasteiger partial charge in [0, 0.05) is 75.9 Å². The Morgan fingerprint density at radius 2 is 0.615 bits per heavy atom. The third kappa shape index (κ3) is 15.9. The van der Waals surface area contributed by atoms with E-state index in [0.29, 0.717) is 38.8 Å². The van der Waals surface area contributed by atoms with Gasteiger partial charge in [0.15, 0.2) is 5.52 Å². The summed E-state index contributed by atoms with van der Waals surface area (Å²) >= 11 is 0. The van der Waals surface area contributed by atoms with E-state index in [1.807, 2.05) is 28.7 Å². The van der Waals surface area contributed by atoms with E-state index in [1.165, 1.54) is 218 Å². The second-order valence-electron chi connectivity index (χ2n) is 29.0. The van der Waals surface area contributed by atoms with Crippen LogP contribution in [0.25, 0.3) is 98.0 Å². The molecule has 0 unspecified atom stereocenters. The first-order valence-electron chi connectivity index (χ1n) is 39.0. The van der Waals surface area contributed by atoms with Crippen LogP contribution in [0.2, 0.25) is 0 Å². The van der Waals surface area contributed by atoms with Gasteiger partial charge in [-0.1, -0.05) is 283 Å². The van der Waals surface area contributed by atoms with Gasteiger partial charge in [-0.15, -0.1) is 0 Å². The number of anilines is 3. The SMILES string of the molecule is CCCCCCCCCCCCN(CCCCCCCCCCCC)c1cc(N)c2nc3c4ccc5c6ccc7c(=O)n8c9cc(N(CCCCCCCCCCCC)CCCCCCCCCCCC)cc([N+](=O)[O-])c9nc8c8ccc(c9ccc(c(=O)n3c2c1)c4c59)c6c78. The van der Waals surface area contributed by atoms with Gasteiger partial charge in [-0.3, -0.25) is 28.5 Å². The van der Waals surface area contributed by atoms with Gasteiger partial charge < -0.3 is 15.5 Å². The second kappa shape index (κ2) is 34.9. The molecule has 0 fully saturated rings. The Morgan fingerprint density at radius 3 is 0.938 bits per heavy atom. The molecule has 0 aliphatic rings. The summed E-state index contributed by atoms with van der Waals surface area (Å²) in [6, 6.07) is 24.5. The molecule has 96 heavy (non-hydrogen) atoms. The highest BCUT2D eigenvalue weighted by Crippen LogP contribution is 2.47. The molecule has 0 radical (unpaired) electrons. The minimum Gasteiger partial charge on any atom is -0.397 e. The molecule has 0 atom stereocenters. The molecule has 2 N–H and O–H groups in total. The lowest BCUT2D eigenvalue weighted by Crippen LogP contribution is -2.26. The monoisotopic (exact) mass is 1300 g/mol. The number of nitro groups is 1. The summed E-state index contributed by atoms with van der Waals surface area (Å²) < 4.78 is 3.46. The van der Waals surface area contributed by atoms with Crippen molar-refractivity contribution in [2.24, 2.45) is 0 Å². The molecule has 4 aromatic heterocycles. The molecular formula is C84H114N8O4. The van der Waals surface area contributed by atoms with E-state index >= 15 is 9.59 Å². The van der Waals surface area contributed by atoms with Crippen LogP contribution in [0.5, 0.6) is 0 Å². The predicted octanol–water partition coefficient (Wildman–Crippen LogP) is 24.0. The van der Waals surface area contributed by atoms with Gasteiger partial charge in [0.05, 0.1) is 21.6 Å². The number of unbranched alkanes of at least 4 members (excludes halogenated alkanes) is 36. The Bertz CT molecular complexity index is 4350. The van der Waals surface area contributed by atoms with E-state index in [1.54, 1.807) is 10.5 Å². The third-order valence-electron chi connectivity index (χ3n) is 21.8. The van der Waals surface area contributed by atoms with Crippen LogP contribution in [0.4, 0.5) is 22.7 Å². The number of nitro benzene ring substituents is 1. The fourth-order valence-corrected chi connectivity index (χ4v) is 16.4. The summed E-state index contributed by atoms with van der Waals surface area (Å²) in [6.07, 6.45) is 50.6. The average Bonchev–Trinajstić information content (AvgIpc) is 1.19. The van der Waals surface area contributed by atoms with Crippen molar-refractivity contribution in [2.75, 3.05) is 41.7 Å². The van der Waals surface area contributed by atoms with Gasteiger partial charge in [0.1, 0.15) is 16.8 Å². The molecule has 0 saturated heterocycles. The summed E-state index contributed by atoms with van der Waals surface area (Å²) in [6.45, 7) is 12.6. The normalized spacial score (nSPS) is 12.3. The van der Waals surface area contributed by atoms with Crippen molar-refractivity contribution in [1.29, 1.82) is 0 Å². The standard InChI is InChI=1S/C84H114N8O4/c1-5-9-13-17-21-25-29-33-37-41-53-88(54-42-38-34-30-26-22-18-14-10-6-2)61-57-71(85)79-72(58-61)90-81(86-79)67-49-45-63-66-48-52-70-78-68(50-46-64(76(66)78)65-47-51-69(83(90)93)77(67)75(63)65)82-87-80-73(91(82)84(70)94)59-62(60-74(80)92(95)96)89(55-43-39-35-31-27-23-19-15-11-7-3)56-44-40-36-32-28-24-20-16-12-8-4/h45-52,57-60H,5-44,53-56,85H2,1-4H3. The molecule has 0 aliphatic carbocycles. The number of rotatable bonds is 47. The number of nitrogens with zero attached hydrogens (tertiary/aromatic N) is 7. The van der Waals surface area contributed by atoms with Crippen molar-refractivity contribution in [3.8, 4) is 0 Å². The molecule has 0 bridgehead atoms. The number of non-ortho nitro benzene ring substituents is 1. The van der Waals surface area contributed by atoms with Crippen molar-refractivity contribution in [3.63, 3.8) is 0 Å². The maximum absolute atomic E-state index is 15.4. The Hall–Kier alpha value is -7.08. The second-order valence-corrected chi connectivity index (χ2v) is 29.0. The van der Waals surface area contributed by atoms with Crippen molar-refractivity contribution in [1.82, 2.24) is 18.8 Å². The third-order valence-corrected chi connectivity index (χ3v) is 21.8. The first-order valence-corrected chi connectivity index (χ1v) is 39.0. The topological polar surface area (TPSA) is 144 Å². The minimum absolute atomic E-state index is 0.0759. The number of fused-ring (bicyclic) bond motifs is 10. The van der Waals surface area contributed by atoms with Crippen molar-refractivity contribution in [3.05, 3.63) is 104 Å². The van der Waals surface area contributed by atoms with Crippen LogP contribution in [-0.4, -0.2) is 49.9 Å². The van der Waals surface area contributed by atoms with Crippen LogP contribution in [-0.2, 0) is 0 Å². The first kappa shape index (κ1) is 70.2. The van der Waals surface area contributed by atoms with Crippen LogP contribution < -0.4 is 26.7 Å². The van der Waals surface area contributed by atoms with E-state index < -0.39 is 0 Å². The number of hydrogen-bond donors (Lipinski definition) is 1. The first-order chi connectivity index (χ1) is 47.2. The van der Waals surface area contributed by atoms with Gasteiger partial charge >= 0.3 is 0 Å². The number of nitrogen functional groups attached to an aromatic ring is 1. The Balaban J connectivity index is 0.909. The van der Waals surface area contributed by atoms with Crippen LogP contribution >= 0.6 is 0 Å². The minimum atomic E-state index is -0.313. The summed E-state index contributed by atoms with van der Waals surface area (Å²) in [5.41, 5.74) is 12.2. The Labute approximate surface area is 571 Å². The molecule has 0 saturated carbocycles. The van der Waals surface area contributed by atoms with Crippen molar-refractivity contribution < 1.29 is 4.92 Å². The van der Waals surface area contributed by atoms with Crippen molar-refractivity contribution >= 4 is 121 Å². The van der Waals surface area contributed by atoms with E-state index in [-0.39, 0.29) is 27.2 Å². The highest BCUT2D eigenvalue weighted by atomic mass is 16.6. The van der Waals surface area contributed by atoms with E-state index in [4.69, 9.17) is 15.7 Å². The van der Waals surface area contributed by atoms with Crippen LogP contribution in [0.3, 0.4) is 0 Å².